The van der Waals surface area contributed by atoms with Crippen LogP contribution in [0.25, 0.3) is 0 Å². The second-order valence-corrected chi connectivity index (χ2v) is 2.82. The van der Waals surface area contributed by atoms with Crippen LogP contribution in [0.2, 0.25) is 0 Å². The summed E-state index contributed by atoms with van der Waals surface area (Å²) in [6, 6.07) is 0. The molecule has 72 valence electrons. The van der Waals surface area contributed by atoms with Gasteiger partial charge in [-0.3, -0.25) is 4.79 Å². The lowest BCUT2D eigenvalue weighted by Crippen LogP contribution is -2.23. The van der Waals surface area contributed by atoms with Gasteiger partial charge in [-0.05, 0) is 20.8 Å². The van der Waals surface area contributed by atoms with Gasteiger partial charge in [-0.1, -0.05) is 30.4 Å². The zero-order valence-corrected chi connectivity index (χ0v) is 8.55. The van der Waals surface area contributed by atoms with Crippen LogP contribution in [0, 0.1) is 0 Å². The second-order valence-electron chi connectivity index (χ2n) is 2.82. The molecule has 0 spiro atoms. The van der Waals surface area contributed by atoms with E-state index in [9.17, 15) is 4.79 Å². The van der Waals surface area contributed by atoms with Crippen LogP contribution in [-0.2, 0) is 4.79 Å². The number of carbonyl (C=O) groups is 1. The van der Waals surface area contributed by atoms with Crippen molar-refractivity contribution in [2.45, 2.75) is 20.8 Å². The molecule has 1 N–H and O–H groups in total. The van der Waals surface area contributed by atoms with E-state index in [0.717, 1.165) is 5.57 Å². The minimum atomic E-state index is -0.0180. The maximum absolute atomic E-state index is 11.2. The minimum absolute atomic E-state index is 0.0180. The predicted octanol–water partition coefficient (Wildman–Crippen LogP) is 2.20. The molecule has 0 atom stereocenters. The molecule has 1 amide bonds. The molecule has 0 heterocycles. The molecule has 0 saturated carbocycles. The van der Waals surface area contributed by atoms with Crippen LogP contribution in [0.1, 0.15) is 20.8 Å². The number of rotatable bonds is 4. The highest BCUT2D eigenvalue weighted by atomic mass is 16.1. The summed E-state index contributed by atoms with van der Waals surface area (Å²) >= 11 is 0. The van der Waals surface area contributed by atoms with Gasteiger partial charge in [-0.15, -0.1) is 0 Å². The summed E-state index contributed by atoms with van der Waals surface area (Å²) in [5.41, 5.74) is 1.76. The quantitative estimate of drug-likeness (QED) is 0.520. The van der Waals surface area contributed by atoms with Gasteiger partial charge in [-0.25, -0.2) is 0 Å². The lowest BCUT2D eigenvalue weighted by atomic mass is 10.2. The Morgan fingerprint density at radius 3 is 2.46 bits per heavy atom. The largest absolute Gasteiger partial charge is 0.353 e. The van der Waals surface area contributed by atoms with E-state index in [0.29, 0.717) is 12.1 Å². The smallest absolute Gasteiger partial charge is 0.246 e. The Bertz CT molecular complexity index is 249. The predicted molar refractivity (Wildman–Crippen MR) is 56.4 cm³/mol. The van der Waals surface area contributed by atoms with Gasteiger partial charge >= 0.3 is 0 Å². The fourth-order valence-electron chi connectivity index (χ4n) is 0.700. The highest BCUT2D eigenvalue weighted by Crippen LogP contribution is 1.98. The third-order valence-corrected chi connectivity index (χ3v) is 1.61. The topological polar surface area (TPSA) is 29.1 Å². The zero-order chi connectivity index (χ0) is 10.3. The summed E-state index contributed by atoms with van der Waals surface area (Å²) < 4.78 is 0. The fourth-order valence-corrected chi connectivity index (χ4v) is 0.700. The van der Waals surface area contributed by atoms with Crippen molar-refractivity contribution in [3.8, 4) is 0 Å². The number of nitrogens with one attached hydrogen (secondary N) is 1. The van der Waals surface area contributed by atoms with Crippen LogP contribution in [-0.4, -0.2) is 12.5 Å². The van der Waals surface area contributed by atoms with Crippen molar-refractivity contribution in [2.75, 3.05) is 6.54 Å². The third-order valence-electron chi connectivity index (χ3n) is 1.61. The Kier molecular flexibility index (Phi) is 5.60. The molecule has 0 rings (SSSR count). The number of hydrogen-bond donors (Lipinski definition) is 1. The normalized spacial score (nSPS) is 12.5. The zero-order valence-electron chi connectivity index (χ0n) is 8.55. The van der Waals surface area contributed by atoms with Crippen LogP contribution in [0.3, 0.4) is 0 Å². The first kappa shape index (κ1) is 11.7. The molecule has 0 aromatic rings. The Morgan fingerprint density at radius 2 is 2.00 bits per heavy atom. The summed E-state index contributed by atoms with van der Waals surface area (Å²) in [7, 11) is 0. The second kappa shape index (κ2) is 6.23. The molecule has 0 unspecified atom stereocenters. The maximum atomic E-state index is 11.2. The van der Waals surface area contributed by atoms with Gasteiger partial charge in [0.05, 0.1) is 0 Å². The van der Waals surface area contributed by atoms with Gasteiger partial charge in [0.1, 0.15) is 0 Å². The number of carbonyl (C=O) groups excluding carboxylic acids is 1. The maximum Gasteiger partial charge on any atom is 0.246 e. The summed E-state index contributed by atoms with van der Waals surface area (Å²) in [6.07, 6.45) is 5.42. The van der Waals surface area contributed by atoms with Crippen LogP contribution in [0.4, 0.5) is 0 Å². The molecule has 0 radical (unpaired) electrons. The van der Waals surface area contributed by atoms with E-state index < -0.39 is 0 Å². The number of hydrogen-bond acceptors (Lipinski definition) is 1. The molecule has 0 aromatic heterocycles. The van der Waals surface area contributed by atoms with E-state index in [-0.39, 0.29) is 5.91 Å². The summed E-state index contributed by atoms with van der Waals surface area (Å²) in [6.45, 7) is 9.91. The van der Waals surface area contributed by atoms with Crippen molar-refractivity contribution < 1.29 is 4.79 Å². The first-order valence-electron chi connectivity index (χ1n) is 4.37. The first-order valence-corrected chi connectivity index (χ1v) is 4.37. The molecular weight excluding hydrogens is 162 g/mol. The summed E-state index contributed by atoms with van der Waals surface area (Å²) in [4.78, 5) is 11.2. The van der Waals surface area contributed by atoms with Crippen molar-refractivity contribution in [1.29, 1.82) is 0 Å². The van der Waals surface area contributed by atoms with Crippen molar-refractivity contribution >= 4 is 5.91 Å². The Morgan fingerprint density at radius 1 is 1.38 bits per heavy atom. The van der Waals surface area contributed by atoms with Gasteiger partial charge in [0.2, 0.25) is 5.91 Å². The van der Waals surface area contributed by atoms with Crippen LogP contribution in [0.15, 0.2) is 36.0 Å². The van der Waals surface area contributed by atoms with Crippen LogP contribution in [0.5, 0.6) is 0 Å². The Hall–Kier alpha value is -1.31. The molecule has 0 saturated heterocycles. The number of allylic oxidation sites excluding steroid dienone is 4. The van der Waals surface area contributed by atoms with Crippen LogP contribution >= 0.6 is 0 Å². The fraction of sp³-hybridized carbons (Fsp3) is 0.364. The molecule has 0 aliphatic heterocycles. The van der Waals surface area contributed by atoms with E-state index in [1.165, 1.54) is 0 Å². The third kappa shape index (κ3) is 5.01. The van der Waals surface area contributed by atoms with Gasteiger partial charge in [0, 0.05) is 12.1 Å². The lowest BCUT2D eigenvalue weighted by Gasteiger charge is -1.99. The molecule has 13 heavy (non-hydrogen) atoms. The minimum Gasteiger partial charge on any atom is -0.353 e. The van der Waals surface area contributed by atoms with E-state index in [2.05, 4.69) is 11.9 Å². The number of amides is 1. The van der Waals surface area contributed by atoms with E-state index in [1.807, 2.05) is 19.9 Å². The van der Waals surface area contributed by atoms with Crippen molar-refractivity contribution in [2.24, 2.45) is 0 Å². The molecule has 0 aromatic carbocycles. The molecule has 0 bridgehead atoms. The molecular formula is C11H17NO. The molecule has 0 fully saturated rings. The Labute approximate surface area is 80.0 Å². The Balaban J connectivity index is 4.32. The van der Waals surface area contributed by atoms with Gasteiger partial charge in [-0.2, -0.15) is 0 Å². The van der Waals surface area contributed by atoms with Crippen molar-refractivity contribution in [3.63, 3.8) is 0 Å². The lowest BCUT2D eigenvalue weighted by molar-refractivity contribution is -0.117. The SMILES string of the molecule is C=C/C(C)=C/C=C(\C)C(=O)NCC. The van der Waals surface area contributed by atoms with Crippen molar-refractivity contribution in [3.05, 3.63) is 36.0 Å². The van der Waals surface area contributed by atoms with Gasteiger partial charge < -0.3 is 5.32 Å². The molecule has 0 aliphatic rings. The van der Waals surface area contributed by atoms with Crippen LogP contribution < -0.4 is 5.32 Å². The summed E-state index contributed by atoms with van der Waals surface area (Å²) in [5.74, 6) is -0.0180. The van der Waals surface area contributed by atoms with Gasteiger partial charge in [0.25, 0.3) is 0 Å². The highest BCUT2D eigenvalue weighted by molar-refractivity contribution is 5.93. The monoisotopic (exact) mass is 179 g/mol. The number of likely N-dealkylation sites (N-methyl/N-ethyl adjacent to an activating group) is 1. The van der Waals surface area contributed by atoms with E-state index in [4.69, 9.17) is 0 Å². The summed E-state index contributed by atoms with van der Waals surface area (Å²) in [5, 5.41) is 2.72. The first-order chi connectivity index (χ1) is 6.11. The standard InChI is InChI=1S/C11H17NO/c1-5-9(3)7-8-10(4)11(13)12-6-2/h5,7-8H,1,6H2,2-4H3,(H,12,13)/b9-7+,10-8+. The van der Waals surface area contributed by atoms with E-state index in [1.54, 1.807) is 19.1 Å². The highest BCUT2D eigenvalue weighted by Gasteiger charge is 1.98. The van der Waals surface area contributed by atoms with E-state index >= 15 is 0 Å². The average Bonchev–Trinajstić information content (AvgIpc) is 2.13. The van der Waals surface area contributed by atoms with Gasteiger partial charge in [0.15, 0.2) is 0 Å². The molecule has 2 nitrogen and oxygen atoms in total. The average molecular weight is 179 g/mol. The molecule has 2 heteroatoms. The molecule has 0 aliphatic carbocycles. The van der Waals surface area contributed by atoms with Crippen molar-refractivity contribution in [1.82, 2.24) is 5.32 Å².